The average Bonchev–Trinajstić information content (AvgIpc) is 3.45. The Bertz CT molecular complexity index is 1390. The molecule has 2 aliphatic rings. The molecule has 2 heterocycles. The van der Waals surface area contributed by atoms with Gasteiger partial charge in [0.15, 0.2) is 0 Å². The van der Waals surface area contributed by atoms with E-state index < -0.39 is 64.5 Å². The number of carboxylic acids is 1. The first-order valence-electron chi connectivity index (χ1n) is 14.0. The molecule has 11 nitrogen and oxygen atoms in total. The second-order valence-corrected chi connectivity index (χ2v) is 13.1. The molecule has 1 aliphatic heterocycles. The van der Waals surface area contributed by atoms with Gasteiger partial charge >= 0.3 is 12.1 Å². The van der Waals surface area contributed by atoms with Crippen molar-refractivity contribution in [3.8, 4) is 5.75 Å². The van der Waals surface area contributed by atoms with Crippen LogP contribution in [0.5, 0.6) is 5.75 Å². The van der Waals surface area contributed by atoms with Crippen LogP contribution in [0, 0.1) is 11.3 Å². The molecule has 5 atom stereocenters. The molecule has 2 fully saturated rings. The number of alkyl carbamates (subject to hydrolysis) is 1. The summed E-state index contributed by atoms with van der Waals surface area (Å²) in [5, 5.41) is 16.0. The van der Waals surface area contributed by atoms with Crippen molar-refractivity contribution >= 4 is 34.8 Å². The fourth-order valence-electron chi connectivity index (χ4n) is 5.29. The number of carbonyl (C=O) groups excluding carboxylic acids is 3. The summed E-state index contributed by atoms with van der Waals surface area (Å²) in [7, 11) is 0. The number of benzene rings is 1. The van der Waals surface area contributed by atoms with E-state index in [0.717, 1.165) is 10.9 Å². The minimum atomic E-state index is -1.47. The summed E-state index contributed by atoms with van der Waals surface area (Å²) < 4.78 is 11.7. The predicted molar refractivity (Wildman–Crippen MR) is 156 cm³/mol. The Morgan fingerprint density at radius 1 is 1.14 bits per heavy atom. The summed E-state index contributed by atoms with van der Waals surface area (Å²) >= 11 is 0. The third-order valence-electron chi connectivity index (χ3n) is 7.55. The van der Waals surface area contributed by atoms with E-state index in [1.54, 1.807) is 53.8 Å². The van der Waals surface area contributed by atoms with Gasteiger partial charge in [-0.2, -0.15) is 0 Å². The van der Waals surface area contributed by atoms with Crippen LogP contribution in [-0.4, -0.2) is 74.7 Å². The largest absolute Gasteiger partial charge is 0.488 e. The summed E-state index contributed by atoms with van der Waals surface area (Å²) in [5.41, 5.74) is -2.26. The molecular weight excluding hydrogens is 540 g/mol. The Hall–Kier alpha value is -4.15. The molecule has 3 N–H and O–H groups in total. The number of para-hydroxylation sites is 1. The van der Waals surface area contributed by atoms with E-state index in [2.05, 4.69) is 22.2 Å². The highest BCUT2D eigenvalue weighted by Crippen LogP contribution is 2.45. The van der Waals surface area contributed by atoms with Crippen LogP contribution in [0.4, 0.5) is 4.79 Å². The number of pyridine rings is 1. The number of carbonyl (C=O) groups is 4. The second kappa shape index (κ2) is 11.3. The standard InChI is InChI=1S/C31H40N4O7/c1-8-18-16-31(18,27(38)39)34-25(36)22-15-19(41-23-13-14-32-21-12-10-9-11-20(21)23)17-35(22)26(37)24(29(2,3)4)33-28(40)42-30(5,6)7/h8-14,18-19,22,24H,1,15-17H2,2-7H3,(H,33,40)(H,34,36)(H,38,39)/t18-,19+,22-,24+,31?/m0/s1. The van der Waals surface area contributed by atoms with Crippen molar-refractivity contribution in [3.63, 3.8) is 0 Å². The maximum absolute atomic E-state index is 14.1. The average molecular weight is 581 g/mol. The van der Waals surface area contributed by atoms with Crippen LogP contribution < -0.4 is 15.4 Å². The van der Waals surface area contributed by atoms with Crippen LogP contribution in [0.3, 0.4) is 0 Å². The van der Waals surface area contributed by atoms with Gasteiger partial charge in [0.25, 0.3) is 0 Å². The number of likely N-dealkylation sites (tertiary alicyclic amines) is 1. The van der Waals surface area contributed by atoms with Gasteiger partial charge in [-0.25, -0.2) is 9.59 Å². The summed E-state index contributed by atoms with van der Waals surface area (Å²) in [5.74, 6) is -2.14. The van der Waals surface area contributed by atoms with E-state index in [1.165, 1.54) is 11.0 Å². The highest BCUT2D eigenvalue weighted by Gasteiger charge is 2.61. The number of nitrogens with zero attached hydrogens (tertiary/aromatic N) is 2. The van der Waals surface area contributed by atoms with Crippen molar-refractivity contribution in [2.24, 2.45) is 11.3 Å². The van der Waals surface area contributed by atoms with Crippen LogP contribution >= 0.6 is 0 Å². The number of nitrogens with one attached hydrogen (secondary N) is 2. The highest BCUT2D eigenvalue weighted by atomic mass is 16.6. The third-order valence-corrected chi connectivity index (χ3v) is 7.55. The minimum absolute atomic E-state index is 0.0428. The van der Waals surface area contributed by atoms with E-state index >= 15 is 0 Å². The number of hydrogen-bond donors (Lipinski definition) is 3. The molecule has 1 saturated carbocycles. The van der Waals surface area contributed by atoms with Gasteiger partial charge in [0.2, 0.25) is 11.8 Å². The lowest BCUT2D eigenvalue weighted by atomic mass is 9.85. The van der Waals surface area contributed by atoms with Crippen molar-refractivity contribution in [1.82, 2.24) is 20.5 Å². The number of rotatable bonds is 8. The third kappa shape index (κ3) is 6.50. The molecule has 0 radical (unpaired) electrons. The summed E-state index contributed by atoms with van der Waals surface area (Å²) in [6, 6.07) is 7.11. The number of fused-ring (bicyclic) bond motifs is 1. The monoisotopic (exact) mass is 580 g/mol. The smallest absolute Gasteiger partial charge is 0.408 e. The number of amides is 3. The molecule has 11 heteroatoms. The zero-order chi connectivity index (χ0) is 31.0. The Kier molecular flexibility index (Phi) is 8.26. The number of ether oxygens (including phenoxy) is 2. The highest BCUT2D eigenvalue weighted by molar-refractivity contribution is 5.96. The van der Waals surface area contributed by atoms with Crippen molar-refractivity contribution in [3.05, 3.63) is 49.2 Å². The molecule has 2 aromatic rings. The molecule has 42 heavy (non-hydrogen) atoms. The molecule has 1 unspecified atom stereocenters. The zero-order valence-corrected chi connectivity index (χ0v) is 25.0. The van der Waals surface area contributed by atoms with Gasteiger partial charge in [0.1, 0.15) is 35.1 Å². The van der Waals surface area contributed by atoms with Crippen molar-refractivity contribution < 1.29 is 33.8 Å². The van der Waals surface area contributed by atoms with Gasteiger partial charge in [-0.05, 0) is 50.8 Å². The topological polar surface area (TPSA) is 147 Å². The Morgan fingerprint density at radius 3 is 2.43 bits per heavy atom. The summed E-state index contributed by atoms with van der Waals surface area (Å²) in [6.45, 7) is 14.3. The first-order valence-corrected chi connectivity index (χ1v) is 14.0. The molecule has 0 bridgehead atoms. The van der Waals surface area contributed by atoms with E-state index in [1.807, 2.05) is 24.3 Å². The number of aromatic nitrogens is 1. The predicted octanol–water partition coefficient (Wildman–Crippen LogP) is 3.67. The van der Waals surface area contributed by atoms with E-state index in [0.29, 0.717) is 5.75 Å². The number of aliphatic carboxylic acids is 1. The van der Waals surface area contributed by atoms with E-state index in [9.17, 15) is 24.3 Å². The van der Waals surface area contributed by atoms with Gasteiger partial charge in [0, 0.05) is 23.9 Å². The molecule has 1 aliphatic carbocycles. The Balaban J connectivity index is 1.64. The number of hydrogen-bond acceptors (Lipinski definition) is 7. The van der Waals surface area contributed by atoms with Gasteiger partial charge in [-0.1, -0.05) is 39.0 Å². The first-order chi connectivity index (χ1) is 19.6. The zero-order valence-electron chi connectivity index (χ0n) is 25.0. The van der Waals surface area contributed by atoms with E-state index in [-0.39, 0.29) is 19.4 Å². The molecule has 226 valence electrons. The number of carboxylic acid groups (broad SMARTS) is 1. The lowest BCUT2D eigenvalue weighted by Crippen LogP contribution is -2.59. The minimum Gasteiger partial charge on any atom is -0.488 e. The lowest BCUT2D eigenvalue weighted by Gasteiger charge is -2.35. The van der Waals surface area contributed by atoms with Gasteiger partial charge in [-0.3, -0.25) is 14.6 Å². The molecule has 3 amide bonds. The first kappa shape index (κ1) is 30.8. The van der Waals surface area contributed by atoms with E-state index in [4.69, 9.17) is 9.47 Å². The normalized spacial score (nSPS) is 24.4. The molecule has 4 rings (SSSR count). The second-order valence-electron chi connectivity index (χ2n) is 13.1. The van der Waals surface area contributed by atoms with Gasteiger partial charge in [0.05, 0.1) is 12.1 Å². The quantitative estimate of drug-likeness (QED) is 0.401. The molecule has 1 aromatic carbocycles. The maximum atomic E-state index is 14.1. The van der Waals surface area contributed by atoms with Crippen LogP contribution in [0.15, 0.2) is 49.2 Å². The van der Waals surface area contributed by atoms with Crippen molar-refractivity contribution in [2.75, 3.05) is 6.54 Å². The molecule has 0 spiro atoms. The van der Waals surface area contributed by atoms with Crippen molar-refractivity contribution in [2.45, 2.75) is 83.7 Å². The molecule has 1 aromatic heterocycles. The fraction of sp³-hybridized carbons (Fsp3) is 0.516. The fourth-order valence-corrected chi connectivity index (χ4v) is 5.29. The van der Waals surface area contributed by atoms with Crippen LogP contribution in [0.25, 0.3) is 10.9 Å². The van der Waals surface area contributed by atoms with Crippen LogP contribution in [-0.2, 0) is 19.1 Å². The molecular formula is C31H40N4O7. The SMILES string of the molecule is C=C[C@H]1CC1(NC(=O)[C@@H]1C[C@@H](Oc2ccnc3ccccc23)CN1C(=O)[C@@H](NC(=O)OC(C)(C)C)C(C)(C)C)C(=O)O. The van der Waals surface area contributed by atoms with Crippen molar-refractivity contribution in [1.29, 1.82) is 0 Å². The lowest BCUT2D eigenvalue weighted by molar-refractivity contribution is -0.146. The Labute approximate surface area is 245 Å². The van der Waals surface area contributed by atoms with Gasteiger partial charge < -0.3 is 30.1 Å². The summed E-state index contributed by atoms with van der Waals surface area (Å²) in [4.78, 5) is 58.4. The molecule has 1 saturated heterocycles. The van der Waals surface area contributed by atoms with Gasteiger partial charge in [-0.15, -0.1) is 6.58 Å². The summed E-state index contributed by atoms with van der Waals surface area (Å²) in [6.07, 6.45) is 2.11. The Morgan fingerprint density at radius 2 is 1.83 bits per heavy atom. The van der Waals surface area contributed by atoms with Crippen LogP contribution in [0.1, 0.15) is 54.4 Å². The maximum Gasteiger partial charge on any atom is 0.408 e. The van der Waals surface area contributed by atoms with Crippen LogP contribution in [0.2, 0.25) is 0 Å².